The molecule has 0 unspecified atom stereocenters. The van der Waals surface area contributed by atoms with Gasteiger partial charge in [0.05, 0.1) is 0 Å². The van der Waals surface area contributed by atoms with E-state index in [1.807, 2.05) is 25.1 Å². The van der Waals surface area contributed by atoms with Crippen molar-refractivity contribution in [3.63, 3.8) is 0 Å². The summed E-state index contributed by atoms with van der Waals surface area (Å²) in [6, 6.07) is 11.3. The fourth-order valence-corrected chi connectivity index (χ4v) is 5.41. The molecule has 0 aromatic heterocycles. The van der Waals surface area contributed by atoms with Crippen molar-refractivity contribution in [3.8, 4) is 5.75 Å². The molecular formula is C31H32F6O. The molecule has 0 heterocycles. The Bertz CT molecular complexity index is 1250. The monoisotopic (exact) mass is 534 g/mol. The molecule has 0 bridgehead atoms. The lowest BCUT2D eigenvalue weighted by molar-refractivity contribution is -0.154. The van der Waals surface area contributed by atoms with Crippen molar-refractivity contribution in [1.29, 1.82) is 0 Å². The number of rotatable bonds is 9. The zero-order valence-electron chi connectivity index (χ0n) is 21.4. The fraction of sp³-hybridized carbons (Fsp3) is 0.419. The molecule has 1 aliphatic carbocycles. The van der Waals surface area contributed by atoms with E-state index in [4.69, 9.17) is 0 Å². The Kier molecular flexibility index (Phi) is 9.06. The highest BCUT2D eigenvalue weighted by molar-refractivity contribution is 5.84. The number of aryl methyl sites for hydroxylation is 2. The number of hydrogen-bond donors (Lipinski definition) is 0. The van der Waals surface area contributed by atoms with Gasteiger partial charge < -0.3 is 4.74 Å². The van der Waals surface area contributed by atoms with Crippen molar-refractivity contribution >= 4 is 10.8 Å². The van der Waals surface area contributed by atoms with Crippen molar-refractivity contribution in [2.24, 2.45) is 5.92 Å². The van der Waals surface area contributed by atoms with Crippen molar-refractivity contribution in [3.05, 3.63) is 88.8 Å². The van der Waals surface area contributed by atoms with Crippen LogP contribution in [0.25, 0.3) is 10.8 Å². The van der Waals surface area contributed by atoms with Gasteiger partial charge in [-0.05, 0) is 104 Å². The molecule has 0 saturated heterocycles. The molecule has 0 aliphatic heterocycles. The average molecular weight is 535 g/mol. The predicted octanol–water partition coefficient (Wildman–Crippen LogP) is 9.61. The van der Waals surface area contributed by atoms with Gasteiger partial charge in [0.15, 0.2) is 24.0 Å². The molecule has 0 spiro atoms. The normalized spacial score (nSPS) is 18.4. The Morgan fingerprint density at radius 3 is 2.26 bits per heavy atom. The first-order chi connectivity index (χ1) is 18.1. The molecule has 38 heavy (non-hydrogen) atoms. The quantitative estimate of drug-likeness (QED) is 0.196. The number of ether oxygens (including phenoxy) is 1. The Morgan fingerprint density at radius 2 is 1.61 bits per heavy atom. The Morgan fingerprint density at radius 1 is 0.895 bits per heavy atom. The molecule has 0 atom stereocenters. The highest BCUT2D eigenvalue weighted by Gasteiger charge is 2.30. The lowest BCUT2D eigenvalue weighted by Gasteiger charge is -2.29. The lowest BCUT2D eigenvalue weighted by atomic mass is 9.77. The fourth-order valence-electron chi connectivity index (χ4n) is 5.41. The van der Waals surface area contributed by atoms with Gasteiger partial charge in [-0.1, -0.05) is 42.5 Å². The van der Waals surface area contributed by atoms with E-state index >= 15 is 4.39 Å². The van der Waals surface area contributed by atoms with E-state index in [1.54, 1.807) is 6.07 Å². The first-order valence-electron chi connectivity index (χ1n) is 13.1. The lowest BCUT2D eigenvalue weighted by Crippen LogP contribution is -2.20. The third-order valence-electron chi connectivity index (χ3n) is 7.47. The van der Waals surface area contributed by atoms with E-state index in [0.29, 0.717) is 16.9 Å². The largest absolute Gasteiger partial charge is 0.478 e. The predicted molar refractivity (Wildman–Crippen MR) is 138 cm³/mol. The van der Waals surface area contributed by atoms with Crippen LogP contribution in [0.2, 0.25) is 0 Å². The number of benzene rings is 3. The molecule has 1 fully saturated rings. The van der Waals surface area contributed by atoms with Crippen LogP contribution in [0.1, 0.15) is 68.1 Å². The molecule has 3 aromatic carbocycles. The summed E-state index contributed by atoms with van der Waals surface area (Å²) >= 11 is 0. The van der Waals surface area contributed by atoms with Crippen LogP contribution in [0, 0.1) is 23.4 Å². The van der Waals surface area contributed by atoms with Gasteiger partial charge in [0.2, 0.25) is 0 Å². The second-order valence-corrected chi connectivity index (χ2v) is 10.2. The summed E-state index contributed by atoms with van der Waals surface area (Å²) in [5, 5.41) is 1.32. The molecule has 1 nitrogen and oxygen atoms in total. The van der Waals surface area contributed by atoms with Crippen molar-refractivity contribution in [2.45, 2.75) is 70.4 Å². The number of alkyl halides is 3. The van der Waals surface area contributed by atoms with Gasteiger partial charge in [0.1, 0.15) is 5.82 Å². The molecule has 1 saturated carbocycles. The maximum Gasteiger partial charge on any atom is 0.422 e. The number of fused-ring (bicyclic) bond motifs is 1. The molecule has 204 valence electrons. The zero-order chi connectivity index (χ0) is 27.3. The summed E-state index contributed by atoms with van der Waals surface area (Å²) in [7, 11) is 0. The van der Waals surface area contributed by atoms with Crippen LogP contribution in [0.5, 0.6) is 5.75 Å². The number of allylic oxidation sites excluding steroid dienone is 2. The van der Waals surface area contributed by atoms with Crippen molar-refractivity contribution in [1.82, 2.24) is 0 Å². The van der Waals surface area contributed by atoms with E-state index in [1.165, 1.54) is 24.8 Å². The smallest absolute Gasteiger partial charge is 0.422 e. The summed E-state index contributed by atoms with van der Waals surface area (Å²) < 4.78 is 84.8. The summed E-state index contributed by atoms with van der Waals surface area (Å²) in [6.45, 7) is 0.259. The minimum atomic E-state index is -4.71. The van der Waals surface area contributed by atoms with Crippen LogP contribution >= 0.6 is 0 Å². The number of hydrogen-bond acceptors (Lipinski definition) is 1. The molecular weight excluding hydrogens is 502 g/mol. The summed E-state index contributed by atoms with van der Waals surface area (Å²) in [4.78, 5) is 0. The number of halogens is 6. The highest BCUT2D eigenvalue weighted by Crippen LogP contribution is 2.39. The van der Waals surface area contributed by atoms with Crippen LogP contribution in [0.4, 0.5) is 26.3 Å². The molecule has 0 radical (unpaired) electrons. The Labute approximate surface area is 219 Å². The Hall–Kier alpha value is -2.96. The molecule has 4 rings (SSSR count). The zero-order valence-corrected chi connectivity index (χ0v) is 21.4. The Balaban J connectivity index is 1.40. The standard InChI is InChI=1S/C31H32F6O/c1-2-3-4-5-20-6-9-22(10-7-20)24-14-15-26-25(18-24)13-12-23(29(26)34)11-8-21-16-27(32)30(28(33)17-21)38-19-31(35,36)37/h2-3,12-18,20,22H,4-11,19H2,1H3/b3-2+. The van der Waals surface area contributed by atoms with Gasteiger partial charge in [0, 0.05) is 5.39 Å². The molecule has 1 aliphatic rings. The topological polar surface area (TPSA) is 9.23 Å². The maximum atomic E-state index is 15.3. The molecule has 3 aromatic rings. The van der Waals surface area contributed by atoms with Crippen molar-refractivity contribution in [2.75, 3.05) is 6.61 Å². The third-order valence-corrected chi connectivity index (χ3v) is 7.47. The molecule has 7 heteroatoms. The summed E-state index contributed by atoms with van der Waals surface area (Å²) in [5.74, 6) is -2.62. The van der Waals surface area contributed by atoms with Gasteiger partial charge in [-0.15, -0.1) is 0 Å². The second-order valence-electron chi connectivity index (χ2n) is 10.2. The minimum Gasteiger partial charge on any atom is -0.478 e. The van der Waals surface area contributed by atoms with Gasteiger partial charge >= 0.3 is 6.18 Å². The van der Waals surface area contributed by atoms with E-state index in [0.717, 1.165) is 42.7 Å². The van der Waals surface area contributed by atoms with Crippen LogP contribution in [-0.4, -0.2) is 12.8 Å². The SMILES string of the molecule is C/C=C/CCC1CCC(c2ccc3c(F)c(CCc4cc(F)c(OCC(F)(F)F)c(F)c4)ccc3c2)CC1. The van der Waals surface area contributed by atoms with Gasteiger partial charge in [-0.2, -0.15) is 13.2 Å². The van der Waals surface area contributed by atoms with Gasteiger partial charge in [-0.3, -0.25) is 0 Å². The second kappa shape index (κ2) is 12.3. The molecule has 0 N–H and O–H groups in total. The average Bonchev–Trinajstić information content (AvgIpc) is 2.87. The summed E-state index contributed by atoms with van der Waals surface area (Å²) in [6.07, 6.45) is 6.98. The van der Waals surface area contributed by atoms with Crippen molar-refractivity contribution < 1.29 is 31.1 Å². The third kappa shape index (κ3) is 7.12. The van der Waals surface area contributed by atoms with Gasteiger partial charge in [0.25, 0.3) is 0 Å². The van der Waals surface area contributed by atoms with Crippen LogP contribution in [0.3, 0.4) is 0 Å². The molecule has 0 amide bonds. The van der Waals surface area contributed by atoms with E-state index in [9.17, 15) is 22.0 Å². The maximum absolute atomic E-state index is 15.3. The first kappa shape index (κ1) is 28.1. The minimum absolute atomic E-state index is 0.116. The van der Waals surface area contributed by atoms with Crippen LogP contribution in [-0.2, 0) is 12.8 Å². The van der Waals surface area contributed by atoms with E-state index < -0.39 is 30.2 Å². The highest BCUT2D eigenvalue weighted by atomic mass is 19.4. The van der Waals surface area contributed by atoms with Gasteiger partial charge in [-0.25, -0.2) is 13.2 Å². The summed E-state index contributed by atoms with van der Waals surface area (Å²) in [5.41, 5.74) is 1.84. The first-order valence-corrected chi connectivity index (χ1v) is 13.1. The van der Waals surface area contributed by atoms with E-state index in [-0.39, 0.29) is 24.2 Å². The van der Waals surface area contributed by atoms with Crippen LogP contribution in [0.15, 0.2) is 54.6 Å². The van der Waals surface area contributed by atoms with Crippen LogP contribution < -0.4 is 4.74 Å². The van der Waals surface area contributed by atoms with E-state index in [2.05, 4.69) is 23.0 Å².